The molecule has 48 heavy (non-hydrogen) atoms. The van der Waals surface area contributed by atoms with Gasteiger partial charge < -0.3 is 4.74 Å². The first-order chi connectivity index (χ1) is 23.5. The molecule has 0 aliphatic carbocycles. The summed E-state index contributed by atoms with van der Waals surface area (Å²) in [5.41, 5.74) is 4.29. The van der Waals surface area contributed by atoms with Crippen LogP contribution in [0.2, 0.25) is 5.02 Å². The number of carbonyl (C=O) groups is 2. The zero-order valence-corrected chi connectivity index (χ0v) is 29.5. The van der Waals surface area contributed by atoms with Gasteiger partial charge in [-0.3, -0.25) is 9.36 Å². The third-order valence-corrected chi connectivity index (χ3v) is 10.3. The van der Waals surface area contributed by atoms with Gasteiger partial charge in [0.05, 0.1) is 17.0 Å². The average Bonchev–Trinajstić information content (AvgIpc) is 3.68. The molecule has 0 spiro atoms. The lowest BCUT2D eigenvalue weighted by Gasteiger charge is -2.10. The van der Waals surface area contributed by atoms with E-state index in [4.69, 9.17) is 16.3 Å². The number of hydrogen-bond donors (Lipinski definition) is 1. The second-order valence-corrected chi connectivity index (χ2v) is 13.8. The lowest BCUT2D eigenvalue weighted by Crippen LogP contribution is -2.20. The van der Waals surface area contributed by atoms with Crippen LogP contribution in [0, 0.1) is 0 Å². The predicted molar refractivity (Wildman–Crippen MR) is 197 cm³/mol. The summed E-state index contributed by atoms with van der Waals surface area (Å²) >= 11 is 9.04. The summed E-state index contributed by atoms with van der Waals surface area (Å²) < 4.78 is 8.51. The van der Waals surface area contributed by atoms with Crippen LogP contribution in [0.5, 0.6) is 5.75 Å². The highest BCUT2D eigenvalue weighted by Gasteiger charge is 2.19. The molecule has 0 fully saturated rings. The summed E-state index contributed by atoms with van der Waals surface area (Å²) in [5, 5.41) is 14.9. The number of aromatic nitrogens is 3. The van der Waals surface area contributed by atoms with Crippen molar-refractivity contribution in [3.63, 3.8) is 0 Å². The molecule has 2 heterocycles. The maximum atomic E-state index is 12.7. The molecule has 1 N–H and O–H groups in total. The Bertz CT molecular complexity index is 1810. The van der Waals surface area contributed by atoms with E-state index in [0.29, 0.717) is 20.8 Å². The predicted octanol–water partition coefficient (Wildman–Crippen LogP) is 9.67. The van der Waals surface area contributed by atoms with Gasteiger partial charge in [0, 0.05) is 22.2 Å². The summed E-state index contributed by atoms with van der Waals surface area (Å²) in [5.74, 6) is 0.656. The Balaban J connectivity index is 1.09. The van der Waals surface area contributed by atoms with Gasteiger partial charge in [0.15, 0.2) is 5.16 Å². The molecule has 5 aromatic rings. The van der Waals surface area contributed by atoms with Crippen LogP contribution in [0.15, 0.2) is 89.1 Å². The lowest BCUT2D eigenvalue weighted by atomic mass is 10.1. The normalized spacial score (nSPS) is 11.4. The highest BCUT2D eigenvalue weighted by Crippen LogP contribution is 2.35. The molecular formula is C37H40ClN5O3S2. The van der Waals surface area contributed by atoms with Crippen LogP contribution in [0.3, 0.4) is 0 Å². The van der Waals surface area contributed by atoms with E-state index in [2.05, 4.69) is 32.2 Å². The lowest BCUT2D eigenvalue weighted by molar-refractivity contribution is -0.118. The number of hydrazone groups is 1. The van der Waals surface area contributed by atoms with Gasteiger partial charge in [-0.15, -0.1) is 21.5 Å². The first kappa shape index (κ1) is 35.3. The Morgan fingerprint density at radius 3 is 2.31 bits per heavy atom. The number of thioether (sulfide) groups is 1. The van der Waals surface area contributed by atoms with Crippen LogP contribution in [-0.2, 0) is 11.2 Å². The molecule has 5 rings (SSSR count). The largest absolute Gasteiger partial charge is 0.422 e. The van der Waals surface area contributed by atoms with E-state index in [9.17, 15) is 9.59 Å². The minimum absolute atomic E-state index is 0.134. The van der Waals surface area contributed by atoms with Crippen LogP contribution in [0.4, 0.5) is 0 Å². The molecule has 2 aromatic heterocycles. The summed E-state index contributed by atoms with van der Waals surface area (Å²) in [6.07, 6.45) is 13.8. The van der Waals surface area contributed by atoms with Gasteiger partial charge >= 0.3 is 5.97 Å². The van der Waals surface area contributed by atoms with E-state index >= 15 is 0 Å². The standard InChI is InChI=1S/C37H40ClN5O3S2/c1-2-3-4-5-6-7-8-9-13-20-32-40-42-37(43(32)28-16-11-10-12-17-28)47-26-33(44)41-39-25-27-21-23-29(24-22-27)46-36(45)35-34(38)30-18-14-15-19-31(30)48-35/h10-12,14-19,21-25H,2-9,13,20,26H2,1H3,(H,41,44)/b39-25-. The van der Waals surface area contributed by atoms with Crippen molar-refractivity contribution < 1.29 is 14.3 Å². The van der Waals surface area contributed by atoms with Gasteiger partial charge in [0.2, 0.25) is 0 Å². The number of amides is 1. The summed E-state index contributed by atoms with van der Waals surface area (Å²) in [6.45, 7) is 2.25. The monoisotopic (exact) mass is 701 g/mol. The van der Waals surface area contributed by atoms with E-state index in [1.54, 1.807) is 24.3 Å². The van der Waals surface area contributed by atoms with Crippen molar-refractivity contribution in [2.75, 3.05) is 5.75 Å². The van der Waals surface area contributed by atoms with Crippen LogP contribution >= 0.6 is 34.7 Å². The number of unbranched alkanes of at least 4 members (excludes halogenated alkanes) is 8. The number of nitrogens with one attached hydrogen (secondary N) is 1. The maximum Gasteiger partial charge on any atom is 0.355 e. The Kier molecular flexibility index (Phi) is 13.6. The van der Waals surface area contributed by atoms with Crippen LogP contribution in [0.25, 0.3) is 15.8 Å². The summed E-state index contributed by atoms with van der Waals surface area (Å²) in [4.78, 5) is 25.7. The van der Waals surface area contributed by atoms with Gasteiger partial charge in [-0.1, -0.05) is 118 Å². The third kappa shape index (κ3) is 10.0. The number of hydrogen-bond acceptors (Lipinski definition) is 8. The molecule has 0 unspecified atom stereocenters. The van der Waals surface area contributed by atoms with Crippen molar-refractivity contribution >= 4 is 62.9 Å². The Hall–Kier alpha value is -3.99. The first-order valence-corrected chi connectivity index (χ1v) is 18.6. The summed E-state index contributed by atoms with van der Waals surface area (Å²) in [6, 6.07) is 24.4. The Morgan fingerprint density at radius 2 is 1.58 bits per heavy atom. The number of rotatable bonds is 18. The fourth-order valence-corrected chi connectivity index (χ4v) is 7.40. The van der Waals surface area contributed by atoms with E-state index < -0.39 is 5.97 Å². The fraction of sp³-hybridized carbons (Fsp3) is 0.324. The van der Waals surface area contributed by atoms with Gasteiger partial charge in [0.1, 0.15) is 16.5 Å². The molecule has 1 amide bonds. The van der Waals surface area contributed by atoms with Crippen LogP contribution in [0.1, 0.15) is 85.8 Å². The van der Waals surface area contributed by atoms with Crippen LogP contribution in [-0.4, -0.2) is 38.6 Å². The Morgan fingerprint density at radius 1 is 0.896 bits per heavy atom. The van der Waals surface area contributed by atoms with Gasteiger partial charge in [-0.05, 0) is 54.4 Å². The smallest absolute Gasteiger partial charge is 0.355 e. The minimum Gasteiger partial charge on any atom is -0.422 e. The quantitative estimate of drug-likeness (QED) is 0.0244. The molecule has 0 aliphatic heterocycles. The highest BCUT2D eigenvalue weighted by molar-refractivity contribution is 7.99. The molecule has 0 radical (unpaired) electrons. The number of ether oxygens (including phenoxy) is 1. The third-order valence-electron chi connectivity index (χ3n) is 7.76. The number of halogens is 1. The van der Waals surface area contributed by atoms with Crippen LogP contribution < -0.4 is 10.2 Å². The van der Waals surface area contributed by atoms with E-state index in [1.807, 2.05) is 54.6 Å². The van der Waals surface area contributed by atoms with Crippen molar-refractivity contribution in [1.29, 1.82) is 0 Å². The second-order valence-electron chi connectivity index (χ2n) is 11.4. The Labute approximate surface area is 295 Å². The van der Waals surface area contributed by atoms with Crippen molar-refractivity contribution in [2.24, 2.45) is 5.10 Å². The van der Waals surface area contributed by atoms with E-state index in [0.717, 1.165) is 40.0 Å². The van der Waals surface area contributed by atoms with Crippen molar-refractivity contribution in [1.82, 2.24) is 20.2 Å². The molecule has 0 atom stereocenters. The molecule has 0 saturated heterocycles. The molecule has 0 aliphatic rings. The van der Waals surface area contributed by atoms with Gasteiger partial charge in [0.25, 0.3) is 5.91 Å². The molecule has 3 aromatic carbocycles. The number of aryl methyl sites for hydroxylation is 1. The van der Waals surface area contributed by atoms with Crippen molar-refractivity contribution in [2.45, 2.75) is 76.3 Å². The van der Waals surface area contributed by atoms with Crippen molar-refractivity contribution in [3.8, 4) is 11.4 Å². The molecular weight excluding hydrogens is 662 g/mol. The molecule has 250 valence electrons. The van der Waals surface area contributed by atoms with E-state index in [-0.39, 0.29) is 11.7 Å². The number of fused-ring (bicyclic) bond motifs is 1. The number of benzene rings is 3. The zero-order valence-electron chi connectivity index (χ0n) is 27.1. The van der Waals surface area contributed by atoms with E-state index in [1.165, 1.54) is 80.7 Å². The highest BCUT2D eigenvalue weighted by atomic mass is 35.5. The number of esters is 1. The molecule has 0 bridgehead atoms. The van der Waals surface area contributed by atoms with Crippen molar-refractivity contribution in [3.05, 3.63) is 100 Å². The molecule has 0 saturated carbocycles. The second kappa shape index (κ2) is 18.5. The first-order valence-electron chi connectivity index (χ1n) is 16.5. The maximum absolute atomic E-state index is 12.7. The fourth-order valence-electron chi connectivity index (χ4n) is 5.25. The van der Waals surface area contributed by atoms with Gasteiger partial charge in [-0.2, -0.15) is 5.10 Å². The molecule has 8 nitrogen and oxygen atoms in total. The topological polar surface area (TPSA) is 98.5 Å². The molecule has 11 heteroatoms. The van der Waals surface area contributed by atoms with Gasteiger partial charge in [-0.25, -0.2) is 10.2 Å². The minimum atomic E-state index is -0.508. The SMILES string of the molecule is CCCCCCCCCCCc1nnc(SCC(=O)N/N=C\c2ccc(OC(=O)c3sc4ccccc4c3Cl)cc2)n1-c1ccccc1. The summed E-state index contributed by atoms with van der Waals surface area (Å²) in [7, 11) is 0. The zero-order chi connectivity index (χ0) is 33.6. The number of para-hydroxylation sites is 1. The number of nitrogens with zero attached hydrogens (tertiary/aromatic N) is 4. The number of thiophene rings is 1. The number of carbonyl (C=O) groups excluding carboxylic acids is 2. The average molecular weight is 702 g/mol.